The molecule has 1 fully saturated rings. The molecule has 1 saturated carbocycles. The smallest absolute Gasteiger partial charge is 0.0257 e. The van der Waals surface area contributed by atoms with Crippen molar-refractivity contribution in [1.29, 1.82) is 0 Å². The van der Waals surface area contributed by atoms with Gasteiger partial charge in [0.1, 0.15) is 0 Å². The van der Waals surface area contributed by atoms with Crippen LogP contribution in [0, 0.1) is 11.8 Å². The molecule has 20 heavy (non-hydrogen) atoms. The van der Waals surface area contributed by atoms with Gasteiger partial charge < -0.3 is 0 Å². The van der Waals surface area contributed by atoms with Crippen LogP contribution in [0.5, 0.6) is 0 Å². The summed E-state index contributed by atoms with van der Waals surface area (Å²) in [5, 5.41) is 0. The minimum absolute atomic E-state index is 0.570. The molecule has 1 aliphatic rings. The molecular weight excluding hydrogens is 332 g/mol. The third-order valence-electron chi connectivity index (χ3n) is 4.31. The molecule has 3 unspecified atom stereocenters. The van der Waals surface area contributed by atoms with Gasteiger partial charge in [0.25, 0.3) is 0 Å². The first-order valence-electron chi connectivity index (χ1n) is 7.14. The monoisotopic (exact) mass is 348 g/mol. The molecule has 3 rings (SSSR count). The molecule has 0 bridgehead atoms. The summed E-state index contributed by atoms with van der Waals surface area (Å²) in [6.07, 6.45) is 2.35. The second kappa shape index (κ2) is 6.32. The number of benzene rings is 2. The van der Waals surface area contributed by atoms with E-state index in [-0.39, 0.29) is 0 Å². The first-order valence-corrected chi connectivity index (χ1v) is 8.46. The van der Waals surface area contributed by atoms with Gasteiger partial charge in [-0.25, -0.2) is 0 Å². The predicted octanol–water partition coefficient (Wildman–Crippen LogP) is 5.65. The van der Waals surface area contributed by atoms with Crippen molar-refractivity contribution in [2.75, 3.05) is 5.88 Å². The molecule has 104 valence electrons. The van der Waals surface area contributed by atoms with E-state index < -0.39 is 0 Å². The molecular formula is C18H18BrCl. The Bertz CT molecular complexity index is 567. The van der Waals surface area contributed by atoms with Gasteiger partial charge in [-0.3, -0.25) is 0 Å². The largest absolute Gasteiger partial charge is 0.126 e. The highest BCUT2D eigenvalue weighted by molar-refractivity contribution is 9.10. The van der Waals surface area contributed by atoms with Crippen LogP contribution in [-0.2, 0) is 6.42 Å². The number of hydrogen-bond acceptors (Lipinski definition) is 0. The van der Waals surface area contributed by atoms with Gasteiger partial charge in [0.05, 0.1) is 0 Å². The Morgan fingerprint density at radius 2 is 1.75 bits per heavy atom. The highest BCUT2D eigenvalue weighted by atomic mass is 79.9. The summed E-state index contributed by atoms with van der Waals surface area (Å²) in [6.45, 7) is 0. The van der Waals surface area contributed by atoms with Crippen LogP contribution in [-0.4, -0.2) is 5.88 Å². The van der Waals surface area contributed by atoms with E-state index >= 15 is 0 Å². The van der Waals surface area contributed by atoms with E-state index in [1.807, 2.05) is 0 Å². The molecule has 0 radical (unpaired) electrons. The zero-order valence-electron chi connectivity index (χ0n) is 11.3. The maximum atomic E-state index is 6.24. The zero-order chi connectivity index (χ0) is 13.9. The van der Waals surface area contributed by atoms with Crippen molar-refractivity contribution in [2.24, 2.45) is 11.8 Å². The van der Waals surface area contributed by atoms with E-state index in [2.05, 4.69) is 70.5 Å². The molecule has 0 nitrogen and oxygen atoms in total. The van der Waals surface area contributed by atoms with Gasteiger partial charge in [0.15, 0.2) is 0 Å². The Morgan fingerprint density at radius 1 is 1.05 bits per heavy atom. The number of alkyl halides is 1. The molecule has 3 atom stereocenters. The standard InChI is InChI=1S/C18H18BrCl/c19-18-9-5-4-8-14(18)10-15(12-20)17-11-16(17)13-6-2-1-3-7-13/h1-9,15-17H,10-12H2. The number of halogens is 2. The van der Waals surface area contributed by atoms with Gasteiger partial charge in [-0.05, 0) is 47.8 Å². The topological polar surface area (TPSA) is 0 Å². The first-order chi connectivity index (χ1) is 9.79. The summed E-state index contributed by atoms with van der Waals surface area (Å²) in [6, 6.07) is 19.3. The fraction of sp³-hybridized carbons (Fsp3) is 0.333. The van der Waals surface area contributed by atoms with Crippen molar-refractivity contribution in [3.63, 3.8) is 0 Å². The maximum Gasteiger partial charge on any atom is 0.0257 e. The Morgan fingerprint density at radius 3 is 2.45 bits per heavy atom. The molecule has 0 aliphatic heterocycles. The van der Waals surface area contributed by atoms with Gasteiger partial charge in [0.2, 0.25) is 0 Å². The van der Waals surface area contributed by atoms with E-state index in [1.54, 1.807) is 0 Å². The van der Waals surface area contributed by atoms with Gasteiger partial charge in [-0.15, -0.1) is 11.6 Å². The van der Waals surface area contributed by atoms with Crippen molar-refractivity contribution in [3.05, 3.63) is 70.2 Å². The van der Waals surface area contributed by atoms with E-state index in [1.165, 1.54) is 22.0 Å². The fourth-order valence-corrected chi connectivity index (χ4v) is 3.87. The highest BCUT2D eigenvalue weighted by Gasteiger charge is 2.43. The van der Waals surface area contributed by atoms with Crippen molar-refractivity contribution in [2.45, 2.75) is 18.8 Å². The lowest BCUT2D eigenvalue weighted by Crippen LogP contribution is -2.10. The average molecular weight is 350 g/mol. The molecule has 0 amide bonds. The maximum absolute atomic E-state index is 6.24. The minimum atomic E-state index is 0.570. The third kappa shape index (κ3) is 3.10. The van der Waals surface area contributed by atoms with Gasteiger partial charge in [-0.1, -0.05) is 64.5 Å². The van der Waals surface area contributed by atoms with Crippen molar-refractivity contribution in [3.8, 4) is 0 Å². The average Bonchev–Trinajstić information content (AvgIpc) is 3.28. The van der Waals surface area contributed by atoms with Crippen LogP contribution in [0.3, 0.4) is 0 Å². The Hall–Kier alpha value is -0.790. The molecule has 2 heteroatoms. The quantitative estimate of drug-likeness (QED) is 0.612. The summed E-state index contributed by atoms with van der Waals surface area (Å²) in [4.78, 5) is 0. The lowest BCUT2D eigenvalue weighted by Gasteiger charge is -2.15. The molecule has 2 aromatic carbocycles. The fourth-order valence-electron chi connectivity index (χ4n) is 3.09. The van der Waals surface area contributed by atoms with Gasteiger partial charge >= 0.3 is 0 Å². The van der Waals surface area contributed by atoms with E-state index in [0.29, 0.717) is 11.8 Å². The summed E-state index contributed by atoms with van der Waals surface area (Å²) >= 11 is 9.88. The second-order valence-electron chi connectivity index (χ2n) is 5.63. The predicted molar refractivity (Wildman–Crippen MR) is 89.3 cm³/mol. The Kier molecular flexibility index (Phi) is 4.48. The lowest BCUT2D eigenvalue weighted by atomic mass is 9.94. The highest BCUT2D eigenvalue weighted by Crippen LogP contribution is 2.53. The molecule has 0 saturated heterocycles. The van der Waals surface area contributed by atoms with E-state index in [9.17, 15) is 0 Å². The third-order valence-corrected chi connectivity index (χ3v) is 5.48. The van der Waals surface area contributed by atoms with Gasteiger partial charge in [0, 0.05) is 10.4 Å². The summed E-state index contributed by atoms with van der Waals surface area (Å²) < 4.78 is 1.20. The molecule has 0 N–H and O–H groups in total. The molecule has 0 aromatic heterocycles. The normalized spacial score (nSPS) is 22.5. The minimum Gasteiger partial charge on any atom is -0.126 e. The zero-order valence-corrected chi connectivity index (χ0v) is 13.6. The van der Waals surface area contributed by atoms with Crippen LogP contribution in [0.2, 0.25) is 0 Å². The van der Waals surface area contributed by atoms with Crippen LogP contribution in [0.4, 0.5) is 0 Å². The van der Waals surface area contributed by atoms with Gasteiger partial charge in [-0.2, -0.15) is 0 Å². The van der Waals surface area contributed by atoms with Crippen molar-refractivity contribution >= 4 is 27.5 Å². The number of hydrogen-bond donors (Lipinski definition) is 0. The lowest BCUT2D eigenvalue weighted by molar-refractivity contribution is 0.500. The number of rotatable bonds is 5. The van der Waals surface area contributed by atoms with Crippen LogP contribution >= 0.6 is 27.5 Å². The van der Waals surface area contributed by atoms with Crippen molar-refractivity contribution < 1.29 is 0 Å². The van der Waals surface area contributed by atoms with E-state index in [0.717, 1.165) is 18.2 Å². The van der Waals surface area contributed by atoms with E-state index in [4.69, 9.17) is 11.6 Å². The first kappa shape index (κ1) is 14.2. The molecule has 0 heterocycles. The summed E-state index contributed by atoms with van der Waals surface area (Å²) in [5.74, 6) is 2.76. The second-order valence-corrected chi connectivity index (χ2v) is 6.79. The Balaban J connectivity index is 1.69. The Labute approximate surface area is 134 Å². The van der Waals surface area contributed by atoms with Crippen molar-refractivity contribution in [1.82, 2.24) is 0 Å². The summed E-state index contributed by atoms with van der Waals surface area (Å²) in [5.41, 5.74) is 2.84. The SMILES string of the molecule is ClCC(Cc1ccccc1Br)C1CC1c1ccccc1. The molecule has 0 spiro atoms. The van der Waals surface area contributed by atoms with Crippen LogP contribution in [0.25, 0.3) is 0 Å². The molecule has 1 aliphatic carbocycles. The van der Waals surface area contributed by atoms with Crippen LogP contribution in [0.15, 0.2) is 59.1 Å². The van der Waals surface area contributed by atoms with Crippen LogP contribution in [0.1, 0.15) is 23.5 Å². The molecule has 2 aromatic rings. The summed E-state index contributed by atoms with van der Waals surface area (Å²) in [7, 11) is 0. The van der Waals surface area contributed by atoms with Crippen LogP contribution < -0.4 is 0 Å².